The van der Waals surface area contributed by atoms with Crippen LogP contribution in [-0.2, 0) is 0 Å². The fourth-order valence-electron chi connectivity index (χ4n) is 1.27. The summed E-state index contributed by atoms with van der Waals surface area (Å²) in [6.45, 7) is 4.00. The van der Waals surface area contributed by atoms with Gasteiger partial charge in [0.1, 0.15) is 5.69 Å². The Kier molecular flexibility index (Phi) is 3.40. The average molecular weight is 253 g/mol. The van der Waals surface area contributed by atoms with Crippen molar-refractivity contribution in [2.75, 3.05) is 0 Å². The Morgan fingerprint density at radius 1 is 1.35 bits per heavy atom. The zero-order chi connectivity index (χ0) is 12.4. The minimum Gasteiger partial charge on any atom is -0.332 e. The van der Waals surface area contributed by atoms with Crippen LogP contribution in [0.2, 0.25) is 5.02 Å². The molecule has 0 aliphatic rings. The molecule has 0 fully saturated rings. The molecular weight excluding hydrogens is 240 g/mol. The molecule has 2 aromatic heterocycles. The summed E-state index contributed by atoms with van der Waals surface area (Å²) < 4.78 is 5.12. The third-order valence-corrected chi connectivity index (χ3v) is 2.63. The van der Waals surface area contributed by atoms with Gasteiger partial charge in [-0.25, -0.2) is 4.98 Å². The van der Waals surface area contributed by atoms with Gasteiger partial charge in [0.15, 0.2) is 5.82 Å². The van der Waals surface area contributed by atoms with Crippen LogP contribution in [-0.4, -0.2) is 15.1 Å². The van der Waals surface area contributed by atoms with Gasteiger partial charge in [0, 0.05) is 6.20 Å². The minimum atomic E-state index is -0.236. The molecule has 0 aromatic carbocycles. The molecule has 2 rings (SSSR count). The summed E-state index contributed by atoms with van der Waals surface area (Å²) in [6.07, 6.45) is 1.53. The van der Waals surface area contributed by atoms with Crippen molar-refractivity contribution in [2.24, 2.45) is 11.7 Å². The molecule has 2 aromatic rings. The molecule has 0 amide bonds. The highest BCUT2D eigenvalue weighted by Gasteiger charge is 2.18. The number of nitrogens with zero attached hydrogens (tertiary/aromatic N) is 3. The quantitative estimate of drug-likeness (QED) is 0.908. The zero-order valence-electron chi connectivity index (χ0n) is 9.59. The normalized spacial score (nSPS) is 13.0. The SMILES string of the molecule is CC(C)C(N)c1noc(-c2ccc(Cl)cn2)n1. The molecule has 2 heterocycles. The number of hydrogen-bond acceptors (Lipinski definition) is 5. The van der Waals surface area contributed by atoms with E-state index in [1.165, 1.54) is 6.20 Å². The van der Waals surface area contributed by atoms with Crippen molar-refractivity contribution in [1.29, 1.82) is 0 Å². The van der Waals surface area contributed by atoms with Gasteiger partial charge in [0.05, 0.1) is 11.1 Å². The van der Waals surface area contributed by atoms with Gasteiger partial charge in [0.25, 0.3) is 5.89 Å². The van der Waals surface area contributed by atoms with Gasteiger partial charge in [-0.05, 0) is 18.1 Å². The van der Waals surface area contributed by atoms with Crippen LogP contribution in [0, 0.1) is 5.92 Å². The standard InChI is InChI=1S/C11H13ClN4O/c1-6(2)9(13)10-15-11(17-16-10)8-4-3-7(12)5-14-8/h3-6,9H,13H2,1-2H3. The summed E-state index contributed by atoms with van der Waals surface area (Å²) >= 11 is 5.75. The van der Waals surface area contributed by atoms with Crippen LogP contribution in [0.25, 0.3) is 11.6 Å². The lowest BCUT2D eigenvalue weighted by molar-refractivity contribution is 0.399. The van der Waals surface area contributed by atoms with Gasteiger partial charge in [-0.2, -0.15) is 4.98 Å². The number of nitrogens with two attached hydrogens (primary N) is 1. The van der Waals surface area contributed by atoms with Crippen molar-refractivity contribution in [3.63, 3.8) is 0 Å². The molecule has 0 bridgehead atoms. The number of rotatable bonds is 3. The summed E-state index contributed by atoms with van der Waals surface area (Å²) in [5.74, 6) is 1.10. The van der Waals surface area contributed by atoms with E-state index in [0.717, 1.165) is 0 Å². The summed E-state index contributed by atoms with van der Waals surface area (Å²) in [6, 6.07) is 3.20. The van der Waals surface area contributed by atoms with Crippen molar-refractivity contribution < 1.29 is 4.52 Å². The van der Waals surface area contributed by atoms with Gasteiger partial charge in [-0.1, -0.05) is 30.6 Å². The third kappa shape index (κ3) is 2.62. The molecule has 17 heavy (non-hydrogen) atoms. The van der Waals surface area contributed by atoms with E-state index in [1.54, 1.807) is 12.1 Å². The second-order valence-corrected chi connectivity index (χ2v) is 4.53. The molecule has 0 radical (unpaired) electrons. The molecule has 0 spiro atoms. The van der Waals surface area contributed by atoms with E-state index >= 15 is 0 Å². The monoisotopic (exact) mass is 252 g/mol. The second-order valence-electron chi connectivity index (χ2n) is 4.09. The Labute approximate surface area is 104 Å². The molecule has 2 N–H and O–H groups in total. The van der Waals surface area contributed by atoms with E-state index in [9.17, 15) is 0 Å². The van der Waals surface area contributed by atoms with Crippen LogP contribution >= 0.6 is 11.6 Å². The van der Waals surface area contributed by atoms with E-state index in [2.05, 4.69) is 15.1 Å². The molecule has 0 saturated heterocycles. The van der Waals surface area contributed by atoms with Crippen LogP contribution in [0.1, 0.15) is 25.7 Å². The molecular formula is C11H13ClN4O. The largest absolute Gasteiger partial charge is 0.332 e. The predicted octanol–water partition coefficient (Wildman–Crippen LogP) is 2.44. The molecule has 1 atom stereocenters. The number of pyridine rings is 1. The first kappa shape index (κ1) is 12.0. The van der Waals surface area contributed by atoms with Gasteiger partial charge in [-0.3, -0.25) is 0 Å². The lowest BCUT2D eigenvalue weighted by Crippen LogP contribution is -2.18. The smallest absolute Gasteiger partial charge is 0.276 e. The van der Waals surface area contributed by atoms with E-state index in [1.807, 2.05) is 13.8 Å². The first-order chi connectivity index (χ1) is 8.08. The fraction of sp³-hybridized carbons (Fsp3) is 0.364. The molecule has 1 unspecified atom stereocenters. The molecule has 5 nitrogen and oxygen atoms in total. The topological polar surface area (TPSA) is 77.8 Å². The second kappa shape index (κ2) is 4.81. The van der Waals surface area contributed by atoms with Crippen molar-refractivity contribution in [1.82, 2.24) is 15.1 Å². The Balaban J connectivity index is 2.26. The highest BCUT2D eigenvalue weighted by molar-refractivity contribution is 6.30. The maximum Gasteiger partial charge on any atom is 0.276 e. The average Bonchev–Trinajstić information content (AvgIpc) is 2.78. The van der Waals surface area contributed by atoms with Crippen molar-refractivity contribution >= 4 is 11.6 Å². The molecule has 6 heteroatoms. The van der Waals surface area contributed by atoms with Crippen LogP contribution in [0.4, 0.5) is 0 Å². The van der Waals surface area contributed by atoms with E-state index in [4.69, 9.17) is 21.9 Å². The van der Waals surface area contributed by atoms with E-state index in [-0.39, 0.29) is 12.0 Å². The van der Waals surface area contributed by atoms with E-state index in [0.29, 0.717) is 22.4 Å². The predicted molar refractivity (Wildman–Crippen MR) is 64.3 cm³/mol. The number of aromatic nitrogens is 3. The zero-order valence-corrected chi connectivity index (χ0v) is 10.3. The third-order valence-electron chi connectivity index (χ3n) is 2.40. The maximum atomic E-state index is 5.93. The first-order valence-electron chi connectivity index (χ1n) is 5.29. The summed E-state index contributed by atoms with van der Waals surface area (Å²) in [5, 5.41) is 4.41. The Bertz CT molecular complexity index is 494. The highest BCUT2D eigenvalue weighted by atomic mass is 35.5. The Hall–Kier alpha value is -1.46. The molecule has 90 valence electrons. The first-order valence-corrected chi connectivity index (χ1v) is 5.67. The van der Waals surface area contributed by atoms with Gasteiger partial charge in [0.2, 0.25) is 0 Å². The lowest BCUT2D eigenvalue weighted by Gasteiger charge is -2.09. The van der Waals surface area contributed by atoms with Crippen molar-refractivity contribution in [2.45, 2.75) is 19.9 Å². The number of halogens is 1. The minimum absolute atomic E-state index is 0.236. The molecule has 0 aliphatic heterocycles. The summed E-state index contributed by atoms with van der Waals surface area (Å²) in [5.41, 5.74) is 6.51. The van der Waals surface area contributed by atoms with Crippen LogP contribution in [0.3, 0.4) is 0 Å². The summed E-state index contributed by atoms with van der Waals surface area (Å²) in [7, 11) is 0. The lowest BCUT2D eigenvalue weighted by atomic mass is 10.1. The Morgan fingerprint density at radius 2 is 2.12 bits per heavy atom. The summed E-state index contributed by atoms with van der Waals surface area (Å²) in [4.78, 5) is 8.32. The highest BCUT2D eigenvalue weighted by Crippen LogP contribution is 2.20. The van der Waals surface area contributed by atoms with Crippen LogP contribution in [0.15, 0.2) is 22.9 Å². The van der Waals surface area contributed by atoms with Crippen molar-refractivity contribution in [3.8, 4) is 11.6 Å². The van der Waals surface area contributed by atoms with Gasteiger partial charge in [-0.15, -0.1) is 0 Å². The number of hydrogen-bond donors (Lipinski definition) is 1. The van der Waals surface area contributed by atoms with Crippen LogP contribution < -0.4 is 5.73 Å². The molecule has 0 aliphatic carbocycles. The fourth-order valence-corrected chi connectivity index (χ4v) is 1.39. The maximum absolute atomic E-state index is 5.93. The van der Waals surface area contributed by atoms with Crippen molar-refractivity contribution in [3.05, 3.63) is 29.2 Å². The Morgan fingerprint density at radius 3 is 2.71 bits per heavy atom. The van der Waals surface area contributed by atoms with E-state index < -0.39 is 0 Å². The van der Waals surface area contributed by atoms with Gasteiger partial charge >= 0.3 is 0 Å². The molecule has 0 saturated carbocycles. The van der Waals surface area contributed by atoms with Gasteiger partial charge < -0.3 is 10.3 Å². The van der Waals surface area contributed by atoms with Crippen LogP contribution in [0.5, 0.6) is 0 Å².